The summed E-state index contributed by atoms with van der Waals surface area (Å²) in [5, 5.41) is 12.2. The van der Waals surface area contributed by atoms with Crippen molar-refractivity contribution in [3.05, 3.63) is 71.6 Å². The monoisotopic (exact) mass is 474 g/mol. The summed E-state index contributed by atoms with van der Waals surface area (Å²) in [6.07, 6.45) is 2.47. The highest BCUT2D eigenvalue weighted by Crippen LogP contribution is 2.63. The van der Waals surface area contributed by atoms with Crippen LogP contribution in [0.1, 0.15) is 31.2 Å². The molecule has 6 atom stereocenters. The number of anilines is 1. The van der Waals surface area contributed by atoms with Crippen molar-refractivity contribution in [2.45, 2.75) is 25.7 Å². The van der Waals surface area contributed by atoms with Crippen LogP contribution in [0.15, 0.2) is 60.2 Å². The van der Waals surface area contributed by atoms with Crippen molar-refractivity contribution in [2.24, 2.45) is 29.1 Å². The van der Waals surface area contributed by atoms with Gasteiger partial charge in [-0.15, -0.1) is 0 Å². The summed E-state index contributed by atoms with van der Waals surface area (Å²) in [6, 6.07) is 12.7. The van der Waals surface area contributed by atoms with E-state index in [1.807, 2.05) is 6.08 Å². The van der Waals surface area contributed by atoms with Gasteiger partial charge in [-0.1, -0.05) is 35.9 Å². The molecule has 0 unspecified atom stereocenters. The number of phenolic OH excluding ortho intramolecular Hbond substituents is 1. The number of nitrogens with one attached hydrogen (secondary N) is 1. The maximum absolute atomic E-state index is 14.5. The van der Waals surface area contributed by atoms with Gasteiger partial charge < -0.3 is 5.11 Å². The zero-order chi connectivity index (χ0) is 24.6. The molecule has 2 heterocycles. The number of imide groups is 2. The van der Waals surface area contributed by atoms with Gasteiger partial charge in [-0.3, -0.25) is 24.5 Å². The number of aromatic hydroxyl groups is 1. The molecule has 1 saturated carbocycles. The van der Waals surface area contributed by atoms with Crippen molar-refractivity contribution < 1.29 is 28.7 Å². The highest BCUT2D eigenvalue weighted by molar-refractivity contribution is 6.24. The third kappa shape index (κ3) is 2.82. The van der Waals surface area contributed by atoms with E-state index >= 15 is 0 Å². The largest absolute Gasteiger partial charge is 0.505 e. The Morgan fingerprint density at radius 2 is 1.77 bits per heavy atom. The summed E-state index contributed by atoms with van der Waals surface area (Å²) >= 11 is 0. The first-order valence-corrected chi connectivity index (χ1v) is 11.7. The van der Waals surface area contributed by atoms with Gasteiger partial charge >= 0.3 is 0 Å². The molecular formula is C27H23FN2O5. The third-order valence-electron chi connectivity index (χ3n) is 8.44. The number of carbonyl (C=O) groups excluding carboxylic acids is 4. The van der Waals surface area contributed by atoms with E-state index in [4.69, 9.17) is 0 Å². The Kier molecular flexibility index (Phi) is 4.55. The first-order valence-electron chi connectivity index (χ1n) is 11.7. The molecule has 178 valence electrons. The van der Waals surface area contributed by atoms with Gasteiger partial charge in [-0.2, -0.15) is 0 Å². The maximum Gasteiger partial charge on any atom is 0.241 e. The Morgan fingerprint density at radius 1 is 1.03 bits per heavy atom. The molecule has 6 rings (SSSR count). The number of halogens is 1. The number of phenols is 1. The minimum absolute atomic E-state index is 0.245. The maximum atomic E-state index is 14.5. The van der Waals surface area contributed by atoms with E-state index in [0.29, 0.717) is 17.7 Å². The smallest absolute Gasteiger partial charge is 0.241 e. The summed E-state index contributed by atoms with van der Waals surface area (Å²) < 4.78 is 14.5. The van der Waals surface area contributed by atoms with Crippen LogP contribution >= 0.6 is 0 Å². The average molecular weight is 474 g/mol. The SMILES string of the molecule is C[C@@]12C(=O)N(c3ccccc3)C(=O)[C@@H]1C[C@@H]1C(=CC[C@@H]3C(=O)NC(=O)[C@@H]31)[C@@H]2c1ccc(O)c(F)c1. The normalized spacial score (nSPS) is 33.7. The minimum atomic E-state index is -1.23. The molecule has 2 aromatic carbocycles. The molecule has 4 amide bonds. The molecule has 2 N–H and O–H groups in total. The fourth-order valence-electron chi connectivity index (χ4n) is 6.83. The standard InChI is InChI=1S/C27H23FN2O5/c1-27-18(25(34)30(26(27)35)14-5-3-2-4-6-14)12-17-15(8-9-16-21(17)24(33)29-23(16)32)22(27)13-7-10-20(31)19(28)11-13/h2-8,10-11,16-18,21-22,31H,9,12H2,1H3,(H,29,32,33)/t16-,17+,18-,21-,22-,27+/m0/s1. The summed E-state index contributed by atoms with van der Waals surface area (Å²) in [4.78, 5) is 54.2. The number of amides is 4. The molecule has 2 aromatic rings. The molecule has 2 aliphatic heterocycles. The van der Waals surface area contributed by atoms with E-state index < -0.39 is 46.6 Å². The van der Waals surface area contributed by atoms with Crippen molar-refractivity contribution >= 4 is 29.3 Å². The molecule has 0 spiro atoms. The number of rotatable bonds is 2. The number of benzene rings is 2. The van der Waals surface area contributed by atoms with E-state index in [2.05, 4.69) is 5.32 Å². The van der Waals surface area contributed by atoms with Crippen molar-refractivity contribution in [1.82, 2.24) is 5.32 Å². The zero-order valence-corrected chi connectivity index (χ0v) is 18.9. The quantitative estimate of drug-likeness (QED) is 0.514. The fourth-order valence-corrected chi connectivity index (χ4v) is 6.83. The Morgan fingerprint density at radius 3 is 2.49 bits per heavy atom. The molecule has 2 saturated heterocycles. The van der Waals surface area contributed by atoms with E-state index in [0.717, 1.165) is 5.57 Å². The number of fused-ring (bicyclic) bond motifs is 4. The molecular weight excluding hydrogens is 451 g/mol. The molecule has 4 aliphatic rings. The number of nitrogens with zero attached hydrogens (tertiary/aromatic N) is 1. The van der Waals surface area contributed by atoms with Crippen LogP contribution in [0.5, 0.6) is 5.75 Å². The summed E-state index contributed by atoms with van der Waals surface area (Å²) in [5.74, 6) is -5.83. The molecule has 35 heavy (non-hydrogen) atoms. The van der Waals surface area contributed by atoms with Gasteiger partial charge in [0.25, 0.3) is 0 Å². The fraction of sp³-hybridized carbons (Fsp3) is 0.333. The summed E-state index contributed by atoms with van der Waals surface area (Å²) in [5.41, 5.74) is 0.446. The third-order valence-corrected chi connectivity index (χ3v) is 8.44. The Hall–Kier alpha value is -3.81. The number of para-hydroxylation sites is 1. The zero-order valence-electron chi connectivity index (χ0n) is 18.9. The van der Waals surface area contributed by atoms with Gasteiger partial charge in [-0.25, -0.2) is 9.29 Å². The van der Waals surface area contributed by atoms with Crippen LogP contribution in [0.3, 0.4) is 0 Å². The van der Waals surface area contributed by atoms with E-state index in [9.17, 15) is 28.7 Å². The van der Waals surface area contributed by atoms with Crippen LogP contribution < -0.4 is 10.2 Å². The van der Waals surface area contributed by atoms with Gasteiger partial charge in [0.15, 0.2) is 11.6 Å². The predicted molar refractivity (Wildman–Crippen MR) is 122 cm³/mol. The molecule has 0 aromatic heterocycles. The van der Waals surface area contributed by atoms with Crippen LogP contribution in [-0.2, 0) is 19.2 Å². The second-order valence-corrected chi connectivity index (χ2v) is 10.1. The molecule has 0 radical (unpaired) electrons. The van der Waals surface area contributed by atoms with Gasteiger partial charge in [0, 0.05) is 5.92 Å². The van der Waals surface area contributed by atoms with E-state index in [1.54, 1.807) is 43.3 Å². The van der Waals surface area contributed by atoms with Gasteiger partial charge in [-0.05, 0) is 55.5 Å². The molecule has 8 heteroatoms. The van der Waals surface area contributed by atoms with Crippen LogP contribution in [0.25, 0.3) is 0 Å². The summed E-state index contributed by atoms with van der Waals surface area (Å²) in [6.45, 7) is 1.74. The number of carbonyl (C=O) groups is 4. The predicted octanol–water partition coefficient (Wildman–Crippen LogP) is 3.05. The number of hydrogen-bond donors (Lipinski definition) is 2. The van der Waals surface area contributed by atoms with E-state index in [1.165, 1.54) is 17.0 Å². The van der Waals surface area contributed by atoms with Gasteiger partial charge in [0.05, 0.1) is 28.9 Å². The average Bonchev–Trinajstić information content (AvgIpc) is 3.24. The molecule has 0 bridgehead atoms. The number of hydrogen-bond acceptors (Lipinski definition) is 5. The van der Waals surface area contributed by atoms with Crippen LogP contribution in [0.4, 0.5) is 10.1 Å². The molecule has 7 nitrogen and oxygen atoms in total. The van der Waals surface area contributed by atoms with Crippen molar-refractivity contribution in [3.8, 4) is 5.75 Å². The minimum Gasteiger partial charge on any atom is -0.505 e. The molecule has 2 aliphatic carbocycles. The first kappa shape index (κ1) is 21.7. The van der Waals surface area contributed by atoms with Gasteiger partial charge in [0.2, 0.25) is 23.6 Å². The summed E-state index contributed by atoms with van der Waals surface area (Å²) in [7, 11) is 0. The highest BCUT2D eigenvalue weighted by Gasteiger charge is 2.67. The lowest BCUT2D eigenvalue weighted by Crippen LogP contribution is -2.48. The lowest BCUT2D eigenvalue weighted by Gasteiger charge is -2.49. The second-order valence-electron chi connectivity index (χ2n) is 10.1. The Balaban J connectivity index is 1.55. The van der Waals surface area contributed by atoms with Crippen molar-refractivity contribution in [1.29, 1.82) is 0 Å². The molecule has 3 fully saturated rings. The van der Waals surface area contributed by atoms with Crippen molar-refractivity contribution in [2.75, 3.05) is 4.90 Å². The Labute approximate surface area is 200 Å². The lowest BCUT2D eigenvalue weighted by molar-refractivity contribution is -0.131. The van der Waals surface area contributed by atoms with Crippen LogP contribution in [-0.4, -0.2) is 28.7 Å². The highest BCUT2D eigenvalue weighted by atomic mass is 19.1. The van der Waals surface area contributed by atoms with E-state index in [-0.39, 0.29) is 30.0 Å². The Bertz CT molecular complexity index is 1340. The van der Waals surface area contributed by atoms with Gasteiger partial charge in [0.1, 0.15) is 0 Å². The second kappa shape index (κ2) is 7.34. The lowest BCUT2D eigenvalue weighted by atomic mass is 9.51. The first-order chi connectivity index (χ1) is 16.7. The topological polar surface area (TPSA) is 104 Å². The number of allylic oxidation sites excluding steroid dienone is 2. The van der Waals surface area contributed by atoms with Crippen LogP contribution in [0, 0.1) is 34.9 Å². The van der Waals surface area contributed by atoms with Crippen molar-refractivity contribution in [3.63, 3.8) is 0 Å². The van der Waals surface area contributed by atoms with Crippen LogP contribution in [0.2, 0.25) is 0 Å².